The lowest BCUT2D eigenvalue weighted by atomic mass is 10.1. The van der Waals surface area contributed by atoms with Crippen LogP contribution in [0.2, 0.25) is 0 Å². The molecule has 0 saturated carbocycles. The van der Waals surface area contributed by atoms with Crippen LogP contribution in [-0.4, -0.2) is 9.55 Å². The van der Waals surface area contributed by atoms with E-state index in [9.17, 15) is 8.78 Å². The molecule has 5 heteroatoms. The number of benzene rings is 2. The molecule has 1 atom stereocenters. The Balaban J connectivity index is 2.19. The summed E-state index contributed by atoms with van der Waals surface area (Å²) in [4.78, 5) is 2.89. The summed E-state index contributed by atoms with van der Waals surface area (Å²) in [7, 11) is 0. The van der Waals surface area contributed by atoms with Crippen molar-refractivity contribution in [2.45, 2.75) is 13.0 Å². The highest BCUT2D eigenvalue weighted by Gasteiger charge is 2.14. The summed E-state index contributed by atoms with van der Waals surface area (Å²) in [5, 5.41) is 0. The molecule has 2 nitrogen and oxygen atoms in total. The van der Waals surface area contributed by atoms with Crippen LogP contribution in [0.5, 0.6) is 0 Å². The summed E-state index contributed by atoms with van der Waals surface area (Å²) >= 11 is 5.28. The third-order valence-electron chi connectivity index (χ3n) is 3.44. The third kappa shape index (κ3) is 2.04. The first-order valence-electron chi connectivity index (χ1n) is 6.22. The van der Waals surface area contributed by atoms with Gasteiger partial charge in [-0.1, -0.05) is 18.2 Å². The number of nitrogens with zero attached hydrogens (tertiary/aromatic N) is 1. The maximum Gasteiger partial charge on any atom is 0.178 e. The van der Waals surface area contributed by atoms with Crippen LogP contribution in [-0.2, 0) is 0 Å². The number of rotatable bonds is 2. The van der Waals surface area contributed by atoms with E-state index in [1.807, 2.05) is 17.6 Å². The van der Waals surface area contributed by atoms with Crippen LogP contribution in [0.15, 0.2) is 42.5 Å². The molecule has 0 aliphatic carbocycles. The van der Waals surface area contributed by atoms with Crippen LogP contribution < -0.4 is 0 Å². The van der Waals surface area contributed by atoms with Crippen molar-refractivity contribution in [3.8, 4) is 0 Å². The number of para-hydroxylation sites is 1. The first kappa shape index (κ1) is 13.0. The number of imidazole rings is 1. The van der Waals surface area contributed by atoms with Gasteiger partial charge >= 0.3 is 0 Å². The van der Waals surface area contributed by atoms with Crippen LogP contribution in [0.25, 0.3) is 11.0 Å². The highest BCUT2D eigenvalue weighted by Crippen LogP contribution is 2.25. The lowest BCUT2D eigenvalue weighted by Crippen LogP contribution is -2.06. The molecule has 0 aliphatic rings. The largest absolute Gasteiger partial charge is 0.328 e. The monoisotopic (exact) mass is 290 g/mol. The Hall–Kier alpha value is -2.01. The SMILES string of the molecule is CC(c1ccc(F)cc1)n1c(=S)[nH]c2c(F)cccc21. The molecule has 1 N–H and O–H groups in total. The highest BCUT2D eigenvalue weighted by atomic mass is 32.1. The summed E-state index contributed by atoms with van der Waals surface area (Å²) in [5.41, 5.74) is 2.01. The smallest absolute Gasteiger partial charge is 0.178 e. The Labute approximate surface area is 119 Å². The van der Waals surface area contributed by atoms with Gasteiger partial charge in [-0.05, 0) is 49.0 Å². The molecular weight excluding hydrogens is 278 g/mol. The summed E-state index contributed by atoms with van der Waals surface area (Å²) in [6.07, 6.45) is 0. The Morgan fingerprint density at radius 3 is 2.50 bits per heavy atom. The summed E-state index contributed by atoms with van der Waals surface area (Å²) in [6, 6.07) is 11.0. The van der Waals surface area contributed by atoms with E-state index >= 15 is 0 Å². The Morgan fingerprint density at radius 2 is 1.80 bits per heavy atom. The van der Waals surface area contributed by atoms with E-state index in [-0.39, 0.29) is 17.7 Å². The molecule has 3 rings (SSSR count). The molecule has 20 heavy (non-hydrogen) atoms. The number of hydrogen-bond acceptors (Lipinski definition) is 1. The van der Waals surface area contributed by atoms with Crippen molar-refractivity contribution in [3.63, 3.8) is 0 Å². The number of halogens is 2. The maximum absolute atomic E-state index is 13.8. The lowest BCUT2D eigenvalue weighted by Gasteiger charge is -2.15. The van der Waals surface area contributed by atoms with Crippen molar-refractivity contribution in [1.29, 1.82) is 0 Å². The van der Waals surface area contributed by atoms with Gasteiger partial charge in [0.25, 0.3) is 0 Å². The zero-order valence-corrected chi connectivity index (χ0v) is 11.5. The van der Waals surface area contributed by atoms with Gasteiger partial charge in [-0.25, -0.2) is 8.78 Å². The van der Waals surface area contributed by atoms with Crippen LogP contribution in [0.4, 0.5) is 8.78 Å². The second kappa shape index (κ2) is 4.83. The lowest BCUT2D eigenvalue weighted by molar-refractivity contribution is 0.618. The second-order valence-electron chi connectivity index (χ2n) is 4.66. The molecule has 1 unspecified atom stereocenters. The quantitative estimate of drug-likeness (QED) is 0.685. The van der Waals surface area contributed by atoms with Crippen molar-refractivity contribution in [3.05, 3.63) is 64.4 Å². The number of H-pyrrole nitrogens is 1. The van der Waals surface area contributed by atoms with Crippen LogP contribution >= 0.6 is 12.2 Å². The molecule has 0 fully saturated rings. The molecule has 0 saturated heterocycles. The average Bonchev–Trinajstić information content (AvgIpc) is 2.77. The van der Waals surface area contributed by atoms with Crippen molar-refractivity contribution >= 4 is 23.3 Å². The average molecular weight is 290 g/mol. The van der Waals surface area contributed by atoms with Gasteiger partial charge in [0.15, 0.2) is 4.77 Å². The fraction of sp³-hybridized carbons (Fsp3) is 0.133. The number of nitrogens with one attached hydrogen (secondary N) is 1. The van der Waals surface area contributed by atoms with E-state index in [1.165, 1.54) is 18.2 Å². The fourth-order valence-corrected chi connectivity index (χ4v) is 2.75. The molecule has 102 valence electrons. The van der Waals surface area contributed by atoms with Gasteiger partial charge in [-0.3, -0.25) is 0 Å². The Kier molecular flexibility index (Phi) is 3.14. The van der Waals surface area contributed by atoms with Crippen LogP contribution in [0.3, 0.4) is 0 Å². The molecule has 0 radical (unpaired) electrons. The highest BCUT2D eigenvalue weighted by molar-refractivity contribution is 7.71. The zero-order valence-electron chi connectivity index (χ0n) is 10.7. The van der Waals surface area contributed by atoms with Gasteiger partial charge in [0.05, 0.1) is 11.6 Å². The number of aromatic nitrogens is 2. The molecular formula is C15H12F2N2S. The fourth-order valence-electron chi connectivity index (χ4n) is 2.39. The minimum Gasteiger partial charge on any atom is -0.328 e. The van der Waals surface area contributed by atoms with Gasteiger partial charge < -0.3 is 9.55 Å². The van der Waals surface area contributed by atoms with Crippen LogP contribution in [0.1, 0.15) is 18.5 Å². The number of fused-ring (bicyclic) bond motifs is 1. The van der Waals surface area contributed by atoms with E-state index in [4.69, 9.17) is 12.2 Å². The molecule has 2 aromatic carbocycles. The maximum atomic E-state index is 13.8. The number of hydrogen-bond donors (Lipinski definition) is 1. The van der Waals surface area contributed by atoms with Crippen molar-refractivity contribution in [2.24, 2.45) is 0 Å². The van der Waals surface area contributed by atoms with Gasteiger partial charge in [0.1, 0.15) is 17.2 Å². The standard InChI is InChI=1S/C15H12F2N2S/c1-9(10-5-7-11(16)8-6-10)19-13-4-2-3-12(17)14(13)18-15(19)20/h2-9H,1H3,(H,18,20). The minimum absolute atomic E-state index is 0.112. The van der Waals surface area contributed by atoms with Gasteiger partial charge in [0.2, 0.25) is 0 Å². The molecule has 0 bridgehead atoms. The molecule has 3 aromatic rings. The van der Waals surface area contributed by atoms with E-state index in [0.717, 1.165) is 5.56 Å². The Bertz CT molecular complexity index is 818. The van der Waals surface area contributed by atoms with Gasteiger partial charge in [0, 0.05) is 0 Å². The first-order chi connectivity index (χ1) is 9.58. The van der Waals surface area contributed by atoms with E-state index < -0.39 is 0 Å². The predicted octanol–water partition coefficient (Wildman–Crippen LogP) is 4.59. The minimum atomic E-state index is -0.335. The zero-order chi connectivity index (χ0) is 14.3. The van der Waals surface area contributed by atoms with Gasteiger partial charge in [-0.15, -0.1) is 0 Å². The van der Waals surface area contributed by atoms with E-state index in [1.54, 1.807) is 18.2 Å². The first-order valence-corrected chi connectivity index (χ1v) is 6.63. The molecule has 0 spiro atoms. The summed E-state index contributed by atoms with van der Waals surface area (Å²) in [6.45, 7) is 1.95. The van der Waals surface area contributed by atoms with Gasteiger partial charge in [-0.2, -0.15) is 0 Å². The second-order valence-corrected chi connectivity index (χ2v) is 5.05. The van der Waals surface area contributed by atoms with Crippen molar-refractivity contribution in [2.75, 3.05) is 0 Å². The van der Waals surface area contributed by atoms with Crippen molar-refractivity contribution in [1.82, 2.24) is 9.55 Å². The molecule has 1 heterocycles. The summed E-state index contributed by atoms with van der Waals surface area (Å²) in [5.74, 6) is -0.617. The van der Waals surface area contributed by atoms with Crippen LogP contribution in [0, 0.1) is 16.4 Å². The van der Waals surface area contributed by atoms with E-state index in [0.29, 0.717) is 15.8 Å². The van der Waals surface area contributed by atoms with Crippen molar-refractivity contribution < 1.29 is 8.78 Å². The third-order valence-corrected chi connectivity index (χ3v) is 3.74. The predicted molar refractivity (Wildman–Crippen MR) is 77.3 cm³/mol. The van der Waals surface area contributed by atoms with E-state index in [2.05, 4.69) is 4.98 Å². The molecule has 0 aliphatic heterocycles. The molecule has 0 amide bonds. The number of aromatic amines is 1. The summed E-state index contributed by atoms with van der Waals surface area (Å²) < 4.78 is 29.0. The molecule has 1 aromatic heterocycles. The topological polar surface area (TPSA) is 20.7 Å². The Morgan fingerprint density at radius 1 is 1.10 bits per heavy atom. The normalized spacial score (nSPS) is 12.8.